The number of rotatable bonds is 13. The Morgan fingerprint density at radius 3 is 2.35 bits per heavy atom. The lowest BCUT2D eigenvalue weighted by Gasteiger charge is -2.51. The summed E-state index contributed by atoms with van der Waals surface area (Å²) in [5.41, 5.74) is 5.78. The van der Waals surface area contributed by atoms with Gasteiger partial charge in [-0.05, 0) is 19.1 Å². The number of aromatic hydroxyl groups is 2. The van der Waals surface area contributed by atoms with Crippen LogP contribution in [-0.2, 0) is 28.8 Å². The van der Waals surface area contributed by atoms with Gasteiger partial charge < -0.3 is 45.5 Å². The van der Waals surface area contributed by atoms with Gasteiger partial charge in [0.05, 0.1) is 42.9 Å². The minimum absolute atomic E-state index is 0.0570. The van der Waals surface area contributed by atoms with Crippen molar-refractivity contribution >= 4 is 81.0 Å². The number of nitrogen functional groups attached to an aromatic ring is 1. The van der Waals surface area contributed by atoms with E-state index in [1.165, 1.54) is 34.2 Å². The molecule has 0 aliphatic carbocycles. The molecule has 1 unspecified atom stereocenters. The molecule has 288 valence electrons. The number of aliphatic carboxylic acids is 3. The number of β-lactam (4-membered cyclic amide) rings is 1. The predicted octanol–water partition coefficient (Wildman–Crippen LogP) is 1.50. The second-order valence-corrected chi connectivity index (χ2v) is 16.8. The van der Waals surface area contributed by atoms with Gasteiger partial charge in [0.2, 0.25) is 12.0 Å². The van der Waals surface area contributed by atoms with Crippen LogP contribution in [0, 0.1) is 17.8 Å². The van der Waals surface area contributed by atoms with Crippen LogP contribution in [0.15, 0.2) is 33.9 Å². The highest BCUT2D eigenvalue weighted by Gasteiger charge is 2.57. The van der Waals surface area contributed by atoms with Gasteiger partial charge in [-0.2, -0.15) is 0 Å². The normalized spacial score (nSPS) is 26.9. The zero-order chi connectivity index (χ0) is 39.4. The third kappa shape index (κ3) is 7.42. The number of likely N-dealkylation sites (N-methyl/N-ethyl adjacent to an activating group) is 1. The third-order valence-corrected chi connectivity index (χ3v) is 12.6. The SMILES string of the molecule is C[C@@H]1S[C@@H]2[C@H](CC(=O)/C(=N\O[C@@H](CC(=O)O)C(=O)O)c3csc(N)n3)C(=O)N2C(C(=O)O)=C1C[N+]1(C)C[C@H]2CN(C(=O)c3cc(O)c(O)c(Cl)c3)C[C@H]2C1. The molecule has 2 amide bonds. The lowest BCUT2D eigenvalue weighted by molar-refractivity contribution is -0.896. The Labute approximate surface area is 320 Å². The van der Waals surface area contributed by atoms with Gasteiger partial charge in [0.25, 0.3) is 5.91 Å². The zero-order valence-electron chi connectivity index (χ0n) is 28.7. The number of amides is 2. The summed E-state index contributed by atoms with van der Waals surface area (Å²) in [6.45, 7) is 4.33. The molecule has 18 nitrogen and oxygen atoms in total. The second-order valence-electron chi connectivity index (χ2n) is 14.0. The van der Waals surface area contributed by atoms with E-state index in [-0.39, 0.29) is 50.1 Å². The Morgan fingerprint density at radius 1 is 1.13 bits per heavy atom. The molecule has 2 aromatic rings. The molecule has 4 aliphatic heterocycles. The average Bonchev–Trinajstić information content (AvgIpc) is 3.78. The van der Waals surface area contributed by atoms with Gasteiger partial charge in [0.15, 0.2) is 28.1 Å². The number of oxime groups is 1. The van der Waals surface area contributed by atoms with Gasteiger partial charge >= 0.3 is 17.9 Å². The Bertz CT molecular complexity index is 1980. The van der Waals surface area contributed by atoms with Crippen LogP contribution >= 0.6 is 34.7 Å². The van der Waals surface area contributed by atoms with E-state index in [1.54, 1.807) is 4.90 Å². The standard InChI is InChI=1S/C33H35ClN6O12S2/c1-13-18(11-40(2)9-15-7-38(8-16(15)10-40)28(46)14-3-19(34)27(45)22(42)4-14)26(32(50)51)39-29(47)17(30(39)54-13)5-21(41)25(20-12-53-33(35)36-20)37-52-23(31(48)49)6-24(43)44/h3-4,12-13,15-17,23,30H,5-11H2,1-2H3,(H6-,35,36,37,41,42,43,44,45,46,48,49,50,51)/p+1/t13-,15-,16+,17+,23-,30+,40?/m0/s1. The molecule has 1 aromatic carbocycles. The van der Waals surface area contributed by atoms with E-state index < -0.39 is 77.0 Å². The summed E-state index contributed by atoms with van der Waals surface area (Å²) >= 11 is 8.27. The van der Waals surface area contributed by atoms with Crippen LogP contribution in [0.25, 0.3) is 0 Å². The van der Waals surface area contributed by atoms with Crippen LogP contribution in [0.5, 0.6) is 11.5 Å². The van der Waals surface area contributed by atoms with Crippen molar-refractivity contribution in [1.29, 1.82) is 0 Å². The quantitative estimate of drug-likeness (QED) is 0.0551. The molecule has 3 fully saturated rings. The number of carbonyl (C=O) groups excluding carboxylic acids is 3. The van der Waals surface area contributed by atoms with Crippen LogP contribution < -0.4 is 5.73 Å². The molecule has 6 rings (SSSR count). The highest BCUT2D eigenvalue weighted by atomic mass is 35.5. The zero-order valence-corrected chi connectivity index (χ0v) is 31.1. The number of Topliss-reactive ketones (excluding diaryl/α,β-unsaturated/α-hetero) is 1. The average molecular weight is 808 g/mol. The van der Waals surface area contributed by atoms with E-state index in [4.69, 9.17) is 27.3 Å². The minimum Gasteiger partial charge on any atom is -0.504 e. The lowest BCUT2D eigenvalue weighted by Crippen LogP contribution is -2.63. The fourth-order valence-electron chi connectivity index (χ4n) is 7.72. The molecule has 21 heteroatoms. The molecule has 0 radical (unpaired) electrons. The highest BCUT2D eigenvalue weighted by molar-refractivity contribution is 8.00. The largest absolute Gasteiger partial charge is 0.504 e. The third-order valence-electron chi connectivity index (χ3n) is 10.1. The summed E-state index contributed by atoms with van der Waals surface area (Å²) in [6, 6.07) is 2.48. The monoisotopic (exact) mass is 807 g/mol. The first-order valence-corrected chi connectivity index (χ1v) is 18.8. The molecular formula is C33H36ClN6O12S2+. The minimum atomic E-state index is -1.92. The van der Waals surface area contributed by atoms with E-state index in [0.717, 1.165) is 11.3 Å². The summed E-state index contributed by atoms with van der Waals surface area (Å²) in [7, 11) is 2.01. The van der Waals surface area contributed by atoms with Crippen LogP contribution in [0.4, 0.5) is 5.13 Å². The number of hydrogen-bond donors (Lipinski definition) is 6. The van der Waals surface area contributed by atoms with Crippen LogP contribution in [-0.4, -0.2) is 143 Å². The van der Waals surface area contributed by atoms with Crippen molar-refractivity contribution in [2.45, 2.75) is 36.5 Å². The summed E-state index contributed by atoms with van der Waals surface area (Å²) in [5, 5.41) is 52.4. The fraction of sp³-hybridized carbons (Fsp3) is 0.455. The number of hydrogen-bond acceptors (Lipinski definition) is 14. The van der Waals surface area contributed by atoms with E-state index in [1.807, 2.05) is 14.0 Å². The first-order valence-electron chi connectivity index (χ1n) is 16.6. The van der Waals surface area contributed by atoms with Gasteiger partial charge in [-0.25, -0.2) is 14.6 Å². The lowest BCUT2D eigenvalue weighted by atomic mass is 9.88. The second kappa shape index (κ2) is 14.7. The summed E-state index contributed by atoms with van der Waals surface area (Å²) in [5.74, 6) is -7.82. The van der Waals surface area contributed by atoms with Crippen molar-refractivity contribution in [3.63, 3.8) is 0 Å². The molecule has 5 heterocycles. The molecule has 3 saturated heterocycles. The fourth-order valence-corrected chi connectivity index (χ4v) is 9.99. The number of benzene rings is 1. The number of thioether (sulfide) groups is 1. The number of phenols is 2. The van der Waals surface area contributed by atoms with Crippen molar-refractivity contribution in [3.8, 4) is 11.5 Å². The van der Waals surface area contributed by atoms with E-state index in [9.17, 15) is 49.2 Å². The van der Waals surface area contributed by atoms with Crippen molar-refractivity contribution in [2.24, 2.45) is 22.9 Å². The Balaban J connectivity index is 1.15. The number of thiazole rings is 1. The predicted molar refractivity (Wildman–Crippen MR) is 192 cm³/mol. The topological polar surface area (TPSA) is 271 Å². The number of phenolic OH excluding ortho intramolecular Hbond substituents is 2. The molecule has 54 heavy (non-hydrogen) atoms. The molecule has 4 aliphatic rings. The molecular weight excluding hydrogens is 772 g/mol. The van der Waals surface area contributed by atoms with Crippen molar-refractivity contribution in [2.75, 3.05) is 45.5 Å². The van der Waals surface area contributed by atoms with Gasteiger partial charge in [-0.1, -0.05) is 16.8 Å². The number of ketones is 1. The Morgan fingerprint density at radius 2 is 1.80 bits per heavy atom. The number of fused-ring (bicyclic) bond motifs is 2. The molecule has 0 bridgehead atoms. The van der Waals surface area contributed by atoms with Crippen molar-refractivity contribution < 1.29 is 63.6 Å². The Kier molecular flexibility index (Phi) is 10.6. The van der Waals surface area contributed by atoms with Crippen LogP contribution in [0.1, 0.15) is 35.8 Å². The first-order chi connectivity index (χ1) is 25.4. The van der Waals surface area contributed by atoms with Crippen LogP contribution in [0.2, 0.25) is 5.02 Å². The van der Waals surface area contributed by atoms with Gasteiger partial charge in [-0.3, -0.25) is 24.1 Å². The van der Waals surface area contributed by atoms with Crippen molar-refractivity contribution in [1.82, 2.24) is 14.8 Å². The summed E-state index contributed by atoms with van der Waals surface area (Å²) in [4.78, 5) is 87.7. The number of likely N-dealkylation sites (tertiary alicyclic amines) is 2. The number of aromatic nitrogens is 1. The molecule has 7 atom stereocenters. The maximum atomic E-state index is 13.6. The maximum Gasteiger partial charge on any atom is 0.352 e. The number of carbonyl (C=O) groups is 6. The van der Waals surface area contributed by atoms with Crippen molar-refractivity contribution in [3.05, 3.63) is 45.1 Å². The molecule has 0 spiro atoms. The Hall–Kier alpha value is -4.92. The van der Waals surface area contributed by atoms with E-state index in [2.05, 4.69) is 10.1 Å². The maximum absolute atomic E-state index is 13.6. The van der Waals surface area contributed by atoms with E-state index in [0.29, 0.717) is 42.8 Å². The first kappa shape index (κ1) is 38.8. The number of nitrogens with zero attached hydrogens (tertiary/aromatic N) is 5. The highest BCUT2D eigenvalue weighted by Crippen LogP contribution is 2.49. The smallest absolute Gasteiger partial charge is 0.352 e. The number of carboxylic acid groups (broad SMARTS) is 3. The van der Waals surface area contributed by atoms with Gasteiger partial charge in [-0.15, -0.1) is 23.1 Å². The van der Waals surface area contributed by atoms with Gasteiger partial charge in [0.1, 0.15) is 17.9 Å². The van der Waals surface area contributed by atoms with E-state index >= 15 is 0 Å². The summed E-state index contributed by atoms with van der Waals surface area (Å²) in [6.07, 6.45) is -3.31. The number of nitrogens with two attached hydrogens (primary N) is 1. The molecule has 1 aromatic heterocycles. The van der Waals surface area contributed by atoms with Crippen LogP contribution in [0.3, 0.4) is 0 Å². The number of carboxylic acids is 3. The number of halogens is 1. The number of quaternary nitrogens is 1. The number of anilines is 1. The molecule has 7 N–H and O–H groups in total. The van der Waals surface area contributed by atoms with Gasteiger partial charge in [0, 0.05) is 53.1 Å². The summed E-state index contributed by atoms with van der Waals surface area (Å²) < 4.78 is 0.477. The molecule has 0 saturated carbocycles.